The van der Waals surface area contributed by atoms with Gasteiger partial charge in [-0.05, 0) is 12.1 Å². The number of rotatable bonds is 2. The van der Waals surface area contributed by atoms with Crippen molar-refractivity contribution in [2.45, 2.75) is 19.1 Å². The van der Waals surface area contributed by atoms with E-state index in [0.29, 0.717) is 29.7 Å². The lowest BCUT2D eigenvalue weighted by atomic mass is 10.0. The normalized spacial score (nSPS) is 19.4. The van der Waals surface area contributed by atoms with E-state index in [1.807, 2.05) is 13.0 Å². The highest BCUT2D eigenvalue weighted by Crippen LogP contribution is 2.42. The first-order chi connectivity index (χ1) is 7.19. The molecule has 0 spiro atoms. The molecule has 0 aliphatic carbocycles. The molecule has 4 heteroatoms. The highest BCUT2D eigenvalue weighted by molar-refractivity contribution is 6.36. The van der Waals surface area contributed by atoms with Gasteiger partial charge in [0.1, 0.15) is 0 Å². The van der Waals surface area contributed by atoms with Gasteiger partial charge in [-0.2, -0.15) is 0 Å². The van der Waals surface area contributed by atoms with Gasteiger partial charge in [0.05, 0.1) is 23.3 Å². The Morgan fingerprint density at radius 3 is 2.20 bits per heavy atom. The molecule has 0 atom stereocenters. The van der Waals surface area contributed by atoms with Crippen LogP contribution in [-0.4, -0.2) is 13.2 Å². The van der Waals surface area contributed by atoms with Crippen LogP contribution in [-0.2, 0) is 15.3 Å². The Hall–Kier alpha value is -0.280. The molecule has 0 N–H and O–H groups in total. The first-order valence-corrected chi connectivity index (χ1v) is 5.67. The summed E-state index contributed by atoms with van der Waals surface area (Å²) in [6.07, 6.45) is 0.691. The summed E-state index contributed by atoms with van der Waals surface area (Å²) in [5.74, 6) is -0.755. The van der Waals surface area contributed by atoms with Gasteiger partial charge in [0.2, 0.25) is 0 Å². The highest BCUT2D eigenvalue weighted by atomic mass is 35.5. The Kier molecular flexibility index (Phi) is 3.21. The maximum atomic E-state index is 6.13. The maximum absolute atomic E-state index is 6.13. The molecule has 1 aromatic carbocycles. The Morgan fingerprint density at radius 2 is 1.73 bits per heavy atom. The predicted molar refractivity (Wildman–Crippen MR) is 60.3 cm³/mol. The van der Waals surface area contributed by atoms with E-state index in [2.05, 4.69) is 0 Å². The van der Waals surface area contributed by atoms with Crippen molar-refractivity contribution in [1.82, 2.24) is 0 Å². The first-order valence-electron chi connectivity index (χ1n) is 4.92. The Morgan fingerprint density at radius 1 is 1.20 bits per heavy atom. The van der Waals surface area contributed by atoms with Crippen LogP contribution in [0.5, 0.6) is 0 Å². The largest absolute Gasteiger partial charge is 0.343 e. The summed E-state index contributed by atoms with van der Waals surface area (Å²) in [5, 5.41) is 1.18. The third-order valence-electron chi connectivity index (χ3n) is 2.56. The lowest BCUT2D eigenvalue weighted by molar-refractivity contribution is -0.167. The maximum Gasteiger partial charge on any atom is 0.197 e. The van der Waals surface area contributed by atoms with Gasteiger partial charge in [-0.25, -0.2) is 0 Å². The lowest BCUT2D eigenvalue weighted by Crippen LogP contribution is -2.26. The monoisotopic (exact) mass is 246 g/mol. The van der Waals surface area contributed by atoms with Crippen LogP contribution >= 0.6 is 23.2 Å². The van der Waals surface area contributed by atoms with Gasteiger partial charge in [-0.1, -0.05) is 36.2 Å². The van der Waals surface area contributed by atoms with E-state index in [4.69, 9.17) is 32.7 Å². The third-order valence-corrected chi connectivity index (χ3v) is 3.19. The summed E-state index contributed by atoms with van der Waals surface area (Å²) in [6.45, 7) is 3.15. The third kappa shape index (κ3) is 1.87. The summed E-state index contributed by atoms with van der Waals surface area (Å²) >= 11 is 12.3. The molecule has 1 aliphatic heterocycles. The fourth-order valence-electron chi connectivity index (χ4n) is 1.84. The second-order valence-corrected chi connectivity index (χ2v) is 4.21. The zero-order valence-corrected chi connectivity index (χ0v) is 9.94. The number of halogens is 2. The molecule has 1 heterocycles. The van der Waals surface area contributed by atoms with Crippen molar-refractivity contribution in [3.05, 3.63) is 33.8 Å². The van der Waals surface area contributed by atoms with Crippen LogP contribution in [0.3, 0.4) is 0 Å². The highest BCUT2D eigenvalue weighted by Gasteiger charge is 2.39. The fraction of sp³-hybridized carbons (Fsp3) is 0.455. The molecular weight excluding hydrogens is 235 g/mol. The van der Waals surface area contributed by atoms with Crippen LogP contribution in [0.2, 0.25) is 10.0 Å². The standard InChI is InChI=1S/C11H12Cl2O2/c1-2-11(14-6-7-15-11)10-8(12)4-3-5-9(10)13/h3-5H,2,6-7H2,1H3. The summed E-state index contributed by atoms with van der Waals surface area (Å²) in [5.41, 5.74) is 0.744. The summed E-state index contributed by atoms with van der Waals surface area (Å²) in [6, 6.07) is 5.41. The quantitative estimate of drug-likeness (QED) is 0.794. The van der Waals surface area contributed by atoms with Crippen LogP contribution < -0.4 is 0 Å². The number of hydrogen-bond acceptors (Lipinski definition) is 2. The molecule has 15 heavy (non-hydrogen) atoms. The van der Waals surface area contributed by atoms with Crippen LogP contribution in [0.4, 0.5) is 0 Å². The predicted octanol–water partition coefficient (Wildman–Crippen LogP) is 3.60. The van der Waals surface area contributed by atoms with Crippen molar-refractivity contribution in [3.8, 4) is 0 Å². The molecular formula is C11H12Cl2O2. The molecule has 1 aliphatic rings. The van der Waals surface area contributed by atoms with Gasteiger partial charge in [-0.3, -0.25) is 0 Å². The van der Waals surface area contributed by atoms with Crippen molar-refractivity contribution in [1.29, 1.82) is 0 Å². The van der Waals surface area contributed by atoms with Crippen molar-refractivity contribution >= 4 is 23.2 Å². The second-order valence-electron chi connectivity index (χ2n) is 3.40. The number of ether oxygens (including phenoxy) is 2. The van der Waals surface area contributed by atoms with Crippen LogP contribution in [0.15, 0.2) is 18.2 Å². The molecule has 0 aromatic heterocycles. The summed E-state index contributed by atoms with van der Waals surface area (Å²) in [7, 11) is 0. The van der Waals surface area contributed by atoms with E-state index < -0.39 is 5.79 Å². The minimum atomic E-state index is -0.755. The molecule has 0 unspecified atom stereocenters. The van der Waals surface area contributed by atoms with Gasteiger partial charge in [0.25, 0.3) is 0 Å². The smallest absolute Gasteiger partial charge is 0.197 e. The minimum absolute atomic E-state index is 0.579. The van der Waals surface area contributed by atoms with Gasteiger partial charge in [-0.15, -0.1) is 0 Å². The molecule has 1 aromatic rings. The van der Waals surface area contributed by atoms with Gasteiger partial charge in [0.15, 0.2) is 5.79 Å². The average Bonchev–Trinajstić information content (AvgIpc) is 2.67. The average molecular weight is 247 g/mol. The molecule has 0 amide bonds. The molecule has 1 fully saturated rings. The van der Waals surface area contributed by atoms with E-state index in [1.54, 1.807) is 12.1 Å². The van der Waals surface area contributed by atoms with Crippen LogP contribution in [0.1, 0.15) is 18.9 Å². The molecule has 2 nitrogen and oxygen atoms in total. The van der Waals surface area contributed by atoms with Gasteiger partial charge in [0, 0.05) is 12.0 Å². The van der Waals surface area contributed by atoms with E-state index in [-0.39, 0.29) is 0 Å². The van der Waals surface area contributed by atoms with Crippen molar-refractivity contribution in [2.24, 2.45) is 0 Å². The van der Waals surface area contributed by atoms with E-state index in [0.717, 1.165) is 5.56 Å². The molecule has 1 saturated heterocycles. The van der Waals surface area contributed by atoms with Gasteiger partial charge < -0.3 is 9.47 Å². The molecule has 2 rings (SSSR count). The van der Waals surface area contributed by atoms with E-state index in [1.165, 1.54) is 0 Å². The summed E-state index contributed by atoms with van der Waals surface area (Å²) < 4.78 is 11.3. The number of benzene rings is 1. The molecule has 82 valence electrons. The Labute approximate surface area is 99.1 Å². The van der Waals surface area contributed by atoms with Crippen LogP contribution in [0.25, 0.3) is 0 Å². The molecule has 0 saturated carbocycles. The second kappa shape index (κ2) is 4.30. The zero-order valence-electron chi connectivity index (χ0n) is 8.43. The lowest BCUT2D eigenvalue weighted by Gasteiger charge is -2.28. The Bertz CT molecular complexity index is 339. The zero-order chi connectivity index (χ0) is 10.9. The Balaban J connectivity index is 2.51. The van der Waals surface area contributed by atoms with Crippen molar-refractivity contribution in [2.75, 3.05) is 13.2 Å². The van der Waals surface area contributed by atoms with Crippen molar-refractivity contribution < 1.29 is 9.47 Å². The SMILES string of the molecule is CCC1(c2c(Cl)cccc2Cl)OCCO1. The first kappa shape index (κ1) is 11.2. The van der Waals surface area contributed by atoms with Gasteiger partial charge >= 0.3 is 0 Å². The summed E-state index contributed by atoms with van der Waals surface area (Å²) in [4.78, 5) is 0. The number of hydrogen-bond donors (Lipinski definition) is 0. The van der Waals surface area contributed by atoms with Crippen LogP contribution in [0, 0.1) is 0 Å². The minimum Gasteiger partial charge on any atom is -0.343 e. The van der Waals surface area contributed by atoms with E-state index >= 15 is 0 Å². The van der Waals surface area contributed by atoms with Crippen molar-refractivity contribution in [3.63, 3.8) is 0 Å². The fourth-order valence-corrected chi connectivity index (χ4v) is 2.53. The topological polar surface area (TPSA) is 18.5 Å². The molecule has 0 bridgehead atoms. The van der Waals surface area contributed by atoms with E-state index in [9.17, 15) is 0 Å². The molecule has 0 radical (unpaired) electrons.